The van der Waals surface area contributed by atoms with E-state index in [9.17, 15) is 18.0 Å². The molecule has 9 heteroatoms. The molecular formula is C19H22ClN3O4S. The van der Waals surface area contributed by atoms with Crippen molar-refractivity contribution in [3.05, 3.63) is 53.6 Å². The smallest absolute Gasteiger partial charge is 0.261 e. The first kappa shape index (κ1) is 21.7. The lowest BCUT2D eigenvalue weighted by Gasteiger charge is -2.17. The average molecular weight is 424 g/mol. The van der Waals surface area contributed by atoms with E-state index in [1.165, 1.54) is 30.3 Å². The highest BCUT2D eigenvalue weighted by molar-refractivity contribution is 7.92. The van der Waals surface area contributed by atoms with Gasteiger partial charge in [-0.15, -0.1) is 0 Å². The Morgan fingerprint density at radius 1 is 1.00 bits per heavy atom. The number of benzene rings is 2. The highest BCUT2D eigenvalue weighted by Gasteiger charge is 2.21. The summed E-state index contributed by atoms with van der Waals surface area (Å²) in [5.41, 5.74) is 0.0814. The van der Waals surface area contributed by atoms with Crippen molar-refractivity contribution < 1.29 is 18.0 Å². The van der Waals surface area contributed by atoms with Crippen molar-refractivity contribution in [3.63, 3.8) is 0 Å². The number of sulfonamides is 1. The standard InChI is InChI=1S/C19H22ClN3O4S/c1-19(2,3)18(25)21-12-17(24)22-14-5-4-6-15(11-14)23-28(26,27)16-9-7-13(20)8-10-16/h4-11,23H,12H2,1-3H3,(H,21,25)(H,22,24). The second-order valence-corrected chi connectivity index (χ2v) is 9.24. The highest BCUT2D eigenvalue weighted by Crippen LogP contribution is 2.21. The Hall–Kier alpha value is -2.58. The summed E-state index contributed by atoms with van der Waals surface area (Å²) in [6.07, 6.45) is 0. The summed E-state index contributed by atoms with van der Waals surface area (Å²) in [7, 11) is -3.79. The Kier molecular flexibility index (Phi) is 6.69. The van der Waals surface area contributed by atoms with E-state index in [0.717, 1.165) is 0 Å². The Morgan fingerprint density at radius 2 is 1.61 bits per heavy atom. The first-order chi connectivity index (χ1) is 13.0. The predicted molar refractivity (Wildman–Crippen MR) is 110 cm³/mol. The lowest BCUT2D eigenvalue weighted by molar-refractivity contribution is -0.130. The lowest BCUT2D eigenvalue weighted by Crippen LogP contribution is -2.39. The molecule has 0 heterocycles. The molecule has 2 aromatic carbocycles. The van der Waals surface area contributed by atoms with Gasteiger partial charge < -0.3 is 10.6 Å². The Bertz CT molecular complexity index is 967. The molecule has 28 heavy (non-hydrogen) atoms. The van der Waals surface area contributed by atoms with Crippen LogP contribution in [0.1, 0.15) is 20.8 Å². The van der Waals surface area contributed by atoms with Crippen molar-refractivity contribution in [2.24, 2.45) is 5.41 Å². The molecule has 0 aliphatic rings. The topological polar surface area (TPSA) is 104 Å². The van der Waals surface area contributed by atoms with Crippen LogP contribution in [0.25, 0.3) is 0 Å². The SMILES string of the molecule is CC(C)(C)C(=O)NCC(=O)Nc1cccc(NS(=O)(=O)c2ccc(Cl)cc2)c1. The van der Waals surface area contributed by atoms with Crippen LogP contribution in [-0.2, 0) is 19.6 Å². The van der Waals surface area contributed by atoms with E-state index in [4.69, 9.17) is 11.6 Å². The van der Waals surface area contributed by atoms with Gasteiger partial charge in [0.05, 0.1) is 17.1 Å². The van der Waals surface area contributed by atoms with Crippen LogP contribution < -0.4 is 15.4 Å². The number of nitrogens with one attached hydrogen (secondary N) is 3. The molecule has 2 amide bonds. The van der Waals surface area contributed by atoms with Gasteiger partial charge in [-0.2, -0.15) is 0 Å². The maximum atomic E-state index is 12.4. The second kappa shape index (κ2) is 8.62. The molecule has 0 fully saturated rings. The van der Waals surface area contributed by atoms with Crippen molar-refractivity contribution in [1.82, 2.24) is 5.32 Å². The molecule has 0 saturated heterocycles. The number of halogens is 1. The van der Waals surface area contributed by atoms with Crippen LogP contribution in [0.15, 0.2) is 53.4 Å². The molecule has 0 atom stereocenters. The van der Waals surface area contributed by atoms with Gasteiger partial charge >= 0.3 is 0 Å². The third kappa shape index (κ3) is 6.24. The molecule has 0 aromatic heterocycles. The zero-order valence-electron chi connectivity index (χ0n) is 15.7. The summed E-state index contributed by atoms with van der Waals surface area (Å²) >= 11 is 5.78. The minimum Gasteiger partial charge on any atom is -0.347 e. The lowest BCUT2D eigenvalue weighted by atomic mass is 9.96. The summed E-state index contributed by atoms with van der Waals surface area (Å²) in [6.45, 7) is 5.06. The van der Waals surface area contributed by atoms with Crippen LogP contribution in [0.2, 0.25) is 5.02 Å². The monoisotopic (exact) mass is 423 g/mol. The van der Waals surface area contributed by atoms with Crippen molar-refractivity contribution in [2.45, 2.75) is 25.7 Å². The summed E-state index contributed by atoms with van der Waals surface area (Å²) < 4.78 is 27.3. The average Bonchev–Trinajstić information content (AvgIpc) is 2.59. The Morgan fingerprint density at radius 3 is 2.21 bits per heavy atom. The van der Waals surface area contributed by atoms with E-state index in [-0.39, 0.29) is 23.0 Å². The zero-order valence-corrected chi connectivity index (χ0v) is 17.3. The second-order valence-electron chi connectivity index (χ2n) is 7.12. The summed E-state index contributed by atoms with van der Waals surface area (Å²) in [5, 5.41) is 5.60. The third-order valence-electron chi connectivity index (χ3n) is 3.61. The normalized spacial score (nSPS) is 11.6. The van der Waals surface area contributed by atoms with Gasteiger partial charge in [0.15, 0.2) is 0 Å². The number of hydrogen-bond acceptors (Lipinski definition) is 4. The van der Waals surface area contributed by atoms with E-state index in [2.05, 4.69) is 15.4 Å². The van der Waals surface area contributed by atoms with Gasteiger partial charge in [0.2, 0.25) is 11.8 Å². The number of hydrogen-bond donors (Lipinski definition) is 3. The first-order valence-corrected chi connectivity index (χ1v) is 10.3. The van der Waals surface area contributed by atoms with E-state index >= 15 is 0 Å². The molecular weight excluding hydrogens is 402 g/mol. The summed E-state index contributed by atoms with van der Waals surface area (Å²) in [5.74, 6) is -0.664. The number of amides is 2. The van der Waals surface area contributed by atoms with Gasteiger partial charge in [-0.3, -0.25) is 14.3 Å². The maximum Gasteiger partial charge on any atom is 0.261 e. The molecule has 0 spiro atoms. The Balaban J connectivity index is 2.03. The maximum absolute atomic E-state index is 12.4. The predicted octanol–water partition coefficient (Wildman–Crippen LogP) is 3.24. The van der Waals surface area contributed by atoms with Crippen molar-refractivity contribution >= 4 is 44.8 Å². The van der Waals surface area contributed by atoms with Crippen LogP contribution in [0.4, 0.5) is 11.4 Å². The fourth-order valence-corrected chi connectivity index (χ4v) is 3.29. The van der Waals surface area contributed by atoms with E-state index < -0.39 is 21.3 Å². The molecule has 7 nitrogen and oxygen atoms in total. The molecule has 2 rings (SSSR count). The largest absolute Gasteiger partial charge is 0.347 e. The van der Waals surface area contributed by atoms with E-state index in [1.54, 1.807) is 39.0 Å². The molecule has 0 bridgehead atoms. The molecule has 0 saturated carbocycles. The highest BCUT2D eigenvalue weighted by atomic mass is 35.5. The van der Waals surface area contributed by atoms with Gasteiger partial charge in [-0.1, -0.05) is 38.4 Å². The minimum absolute atomic E-state index is 0.0660. The van der Waals surface area contributed by atoms with Crippen LogP contribution in [-0.4, -0.2) is 26.8 Å². The van der Waals surface area contributed by atoms with Crippen LogP contribution in [0.3, 0.4) is 0 Å². The van der Waals surface area contributed by atoms with Gasteiger partial charge in [0, 0.05) is 16.1 Å². The molecule has 150 valence electrons. The number of carbonyl (C=O) groups is 2. The van der Waals surface area contributed by atoms with Crippen LogP contribution in [0, 0.1) is 5.41 Å². The fourth-order valence-electron chi connectivity index (χ4n) is 2.12. The molecule has 2 aromatic rings. The molecule has 3 N–H and O–H groups in total. The zero-order chi connectivity index (χ0) is 20.9. The van der Waals surface area contributed by atoms with Crippen molar-refractivity contribution in [3.8, 4) is 0 Å². The quantitative estimate of drug-likeness (QED) is 0.663. The first-order valence-electron chi connectivity index (χ1n) is 8.44. The third-order valence-corrected chi connectivity index (χ3v) is 5.26. The molecule has 0 unspecified atom stereocenters. The summed E-state index contributed by atoms with van der Waals surface area (Å²) in [6, 6.07) is 12.0. The van der Waals surface area contributed by atoms with Crippen molar-refractivity contribution in [2.75, 3.05) is 16.6 Å². The van der Waals surface area contributed by atoms with E-state index in [1.807, 2.05) is 0 Å². The van der Waals surface area contributed by atoms with Crippen molar-refractivity contribution in [1.29, 1.82) is 0 Å². The fraction of sp³-hybridized carbons (Fsp3) is 0.263. The Labute approximate surface area is 169 Å². The van der Waals surface area contributed by atoms with Gasteiger partial charge in [0.25, 0.3) is 10.0 Å². The molecule has 0 aliphatic heterocycles. The molecule has 0 radical (unpaired) electrons. The number of carbonyl (C=O) groups excluding carboxylic acids is 2. The van der Waals surface area contributed by atoms with Gasteiger partial charge in [-0.05, 0) is 42.5 Å². The summed E-state index contributed by atoms with van der Waals surface area (Å²) in [4.78, 5) is 23.9. The minimum atomic E-state index is -3.79. The number of rotatable bonds is 6. The van der Waals surface area contributed by atoms with E-state index in [0.29, 0.717) is 10.7 Å². The van der Waals surface area contributed by atoms with Crippen LogP contribution in [0.5, 0.6) is 0 Å². The molecule has 0 aliphatic carbocycles. The van der Waals surface area contributed by atoms with Gasteiger partial charge in [0.1, 0.15) is 0 Å². The number of anilines is 2. The van der Waals surface area contributed by atoms with Crippen LogP contribution >= 0.6 is 11.6 Å². The van der Waals surface area contributed by atoms with Gasteiger partial charge in [-0.25, -0.2) is 8.42 Å².